The van der Waals surface area contributed by atoms with Crippen LogP contribution in [-0.4, -0.2) is 79.2 Å². The van der Waals surface area contributed by atoms with Crippen LogP contribution in [0.3, 0.4) is 0 Å². The number of sulfone groups is 1. The average molecular weight is 521 g/mol. The molecule has 11 nitrogen and oxygen atoms in total. The maximum Gasteiger partial charge on any atom is 0.296 e. The van der Waals surface area contributed by atoms with Gasteiger partial charge < -0.3 is 19.5 Å². The molecule has 1 aromatic carbocycles. The quantitative estimate of drug-likeness (QED) is 0.410. The zero-order chi connectivity index (χ0) is 26.1. The normalized spacial score (nSPS) is 15.8. The number of morpholine rings is 1. The van der Waals surface area contributed by atoms with Gasteiger partial charge in [-0.25, -0.2) is 8.42 Å². The lowest BCUT2D eigenvalue weighted by Gasteiger charge is -2.28. The van der Waals surface area contributed by atoms with Gasteiger partial charge in [0, 0.05) is 31.8 Å². The topological polar surface area (TPSA) is 149 Å². The number of ether oxygens (including phenoxy) is 1. The summed E-state index contributed by atoms with van der Waals surface area (Å²) in [7, 11) is -3.67. The zero-order valence-corrected chi connectivity index (χ0v) is 21.3. The van der Waals surface area contributed by atoms with Crippen molar-refractivity contribution in [1.82, 2.24) is 20.4 Å². The number of benzene rings is 1. The summed E-state index contributed by atoms with van der Waals surface area (Å²) < 4.78 is 35.9. The predicted octanol–water partition coefficient (Wildman–Crippen LogP) is 1.44. The number of rotatable bonds is 12. The Morgan fingerprint density at radius 3 is 2.42 bits per heavy atom. The maximum absolute atomic E-state index is 13.3. The van der Waals surface area contributed by atoms with E-state index in [0.717, 1.165) is 0 Å². The van der Waals surface area contributed by atoms with E-state index in [4.69, 9.17) is 9.26 Å². The summed E-state index contributed by atoms with van der Waals surface area (Å²) in [6.45, 7) is 5.15. The number of ketones is 1. The smallest absolute Gasteiger partial charge is 0.296 e. The molecule has 196 valence electrons. The summed E-state index contributed by atoms with van der Waals surface area (Å²) in [5, 5.41) is 6.39. The molecule has 1 saturated heterocycles. The van der Waals surface area contributed by atoms with Crippen LogP contribution in [0.1, 0.15) is 49.6 Å². The van der Waals surface area contributed by atoms with Crippen molar-refractivity contribution in [3.8, 4) is 0 Å². The van der Waals surface area contributed by atoms with Crippen molar-refractivity contribution in [3.63, 3.8) is 0 Å². The molecule has 1 fully saturated rings. The molecule has 1 aliphatic rings. The molecule has 2 atom stereocenters. The predicted molar refractivity (Wildman–Crippen MR) is 129 cm³/mol. The minimum Gasteiger partial charge on any atom is -0.378 e. The van der Waals surface area contributed by atoms with Crippen molar-refractivity contribution in [1.29, 1.82) is 0 Å². The van der Waals surface area contributed by atoms with Crippen molar-refractivity contribution in [2.24, 2.45) is 5.92 Å². The number of hydrogen-bond acceptors (Lipinski definition) is 9. The molecule has 2 aromatic rings. The lowest BCUT2D eigenvalue weighted by atomic mass is 9.98. The summed E-state index contributed by atoms with van der Waals surface area (Å²) in [6.07, 6.45) is 0.480. The molecular formula is C24H32N4O7S. The minimum absolute atomic E-state index is 0.0791. The Labute approximate surface area is 210 Å². The lowest BCUT2D eigenvalue weighted by molar-refractivity contribution is -0.139. The van der Waals surface area contributed by atoms with Crippen LogP contribution in [0.25, 0.3) is 0 Å². The van der Waals surface area contributed by atoms with Crippen LogP contribution in [-0.2, 0) is 30.6 Å². The van der Waals surface area contributed by atoms with E-state index in [1.54, 1.807) is 30.0 Å². The Hall–Kier alpha value is -3.12. The van der Waals surface area contributed by atoms with Crippen LogP contribution in [0.4, 0.5) is 0 Å². The average Bonchev–Trinajstić information content (AvgIpc) is 3.39. The molecule has 1 aliphatic heterocycles. The van der Waals surface area contributed by atoms with E-state index in [1.807, 2.05) is 6.92 Å². The van der Waals surface area contributed by atoms with Crippen molar-refractivity contribution < 1.29 is 32.1 Å². The Morgan fingerprint density at radius 1 is 1.11 bits per heavy atom. The van der Waals surface area contributed by atoms with Crippen LogP contribution >= 0.6 is 0 Å². The molecule has 0 radical (unpaired) electrons. The van der Waals surface area contributed by atoms with Gasteiger partial charge in [-0.1, -0.05) is 37.2 Å². The van der Waals surface area contributed by atoms with Gasteiger partial charge in [0.25, 0.3) is 5.89 Å². The van der Waals surface area contributed by atoms with E-state index in [-0.39, 0.29) is 41.7 Å². The summed E-state index contributed by atoms with van der Waals surface area (Å²) in [6, 6.07) is 6.99. The molecule has 1 N–H and O–H groups in total. The largest absolute Gasteiger partial charge is 0.378 e. The molecule has 0 bridgehead atoms. The molecule has 0 spiro atoms. The van der Waals surface area contributed by atoms with E-state index in [0.29, 0.717) is 38.5 Å². The monoisotopic (exact) mass is 520 g/mol. The van der Waals surface area contributed by atoms with E-state index in [9.17, 15) is 22.8 Å². The summed E-state index contributed by atoms with van der Waals surface area (Å²) in [5.41, 5.74) is 0. The highest BCUT2D eigenvalue weighted by Crippen LogP contribution is 2.19. The first-order valence-electron chi connectivity index (χ1n) is 12.1. The fraction of sp³-hybridized carbons (Fsp3) is 0.542. The highest BCUT2D eigenvalue weighted by atomic mass is 32.2. The summed E-state index contributed by atoms with van der Waals surface area (Å²) >= 11 is 0. The number of nitrogens with zero attached hydrogens (tertiary/aromatic N) is 3. The SMILES string of the molecule is CCc1noc(C(=O)[C@H](CC)NC(=O)[C@@H](CCS(=O)(=O)c2ccccc2)CC(=O)N2CCOCC2)n1. The number of carbonyl (C=O) groups is 3. The van der Waals surface area contributed by atoms with Crippen LogP contribution in [0.15, 0.2) is 39.8 Å². The van der Waals surface area contributed by atoms with E-state index >= 15 is 0 Å². The van der Waals surface area contributed by atoms with Crippen LogP contribution in [0, 0.1) is 5.92 Å². The van der Waals surface area contributed by atoms with E-state index in [2.05, 4.69) is 15.5 Å². The Bertz CT molecular complexity index is 1140. The molecule has 0 saturated carbocycles. The van der Waals surface area contributed by atoms with Gasteiger partial charge in [0.2, 0.25) is 17.6 Å². The highest BCUT2D eigenvalue weighted by Gasteiger charge is 2.32. The Balaban J connectivity index is 1.74. The molecule has 0 unspecified atom stereocenters. The van der Waals surface area contributed by atoms with Crippen LogP contribution < -0.4 is 5.32 Å². The van der Waals surface area contributed by atoms with E-state index < -0.39 is 33.5 Å². The van der Waals surface area contributed by atoms with Crippen molar-refractivity contribution in [2.75, 3.05) is 32.1 Å². The second-order valence-corrected chi connectivity index (χ2v) is 10.6. The highest BCUT2D eigenvalue weighted by molar-refractivity contribution is 7.91. The second kappa shape index (κ2) is 12.7. The molecule has 12 heteroatoms. The number of aryl methyl sites for hydroxylation is 1. The second-order valence-electron chi connectivity index (χ2n) is 8.52. The number of hydrogen-bond donors (Lipinski definition) is 1. The third kappa shape index (κ3) is 7.20. The van der Waals surface area contributed by atoms with Crippen LogP contribution in [0.2, 0.25) is 0 Å². The van der Waals surface area contributed by atoms with Gasteiger partial charge in [0.15, 0.2) is 15.7 Å². The van der Waals surface area contributed by atoms with Gasteiger partial charge in [-0.05, 0) is 25.0 Å². The number of nitrogens with one attached hydrogen (secondary N) is 1. The fourth-order valence-corrected chi connectivity index (χ4v) is 5.21. The minimum atomic E-state index is -3.67. The molecule has 1 aromatic heterocycles. The molecule has 2 amide bonds. The summed E-state index contributed by atoms with van der Waals surface area (Å²) in [5.74, 6) is -2.47. The van der Waals surface area contributed by atoms with Gasteiger partial charge in [0.1, 0.15) is 0 Å². The number of carbonyl (C=O) groups excluding carboxylic acids is 3. The van der Waals surface area contributed by atoms with Gasteiger partial charge in [-0.15, -0.1) is 0 Å². The molecule has 0 aliphatic carbocycles. The molecule has 36 heavy (non-hydrogen) atoms. The number of amides is 2. The fourth-order valence-electron chi connectivity index (χ4n) is 3.81. The molecule has 3 rings (SSSR count). The van der Waals surface area contributed by atoms with E-state index in [1.165, 1.54) is 12.1 Å². The molecule has 2 heterocycles. The van der Waals surface area contributed by atoms with Crippen molar-refractivity contribution >= 4 is 27.4 Å². The first-order chi connectivity index (χ1) is 17.2. The standard InChI is InChI=1S/C24H32N4O7S/c1-3-19(22(30)24-26-20(4-2)27-35-24)25-23(31)17(16-21(29)28-11-13-34-14-12-28)10-15-36(32,33)18-8-6-5-7-9-18/h5-9,17,19H,3-4,10-16H2,1-2H3,(H,25,31)/t17-,19-/m0/s1. The third-order valence-electron chi connectivity index (χ3n) is 6.03. The Kier molecular flexibility index (Phi) is 9.71. The van der Waals surface area contributed by atoms with Gasteiger partial charge in [0.05, 0.1) is 29.9 Å². The third-order valence-corrected chi connectivity index (χ3v) is 7.79. The van der Waals surface area contributed by atoms with Gasteiger partial charge in [-0.3, -0.25) is 14.4 Å². The van der Waals surface area contributed by atoms with Crippen molar-refractivity contribution in [3.05, 3.63) is 42.0 Å². The van der Waals surface area contributed by atoms with Gasteiger partial charge in [-0.2, -0.15) is 4.98 Å². The van der Waals surface area contributed by atoms with Crippen LogP contribution in [0.5, 0.6) is 0 Å². The van der Waals surface area contributed by atoms with Crippen molar-refractivity contribution in [2.45, 2.75) is 50.5 Å². The molecular weight excluding hydrogens is 488 g/mol. The first kappa shape index (κ1) is 27.5. The first-order valence-corrected chi connectivity index (χ1v) is 13.7. The summed E-state index contributed by atoms with van der Waals surface area (Å²) in [4.78, 5) is 44.8. The lowest BCUT2D eigenvalue weighted by Crippen LogP contribution is -2.46. The zero-order valence-electron chi connectivity index (χ0n) is 20.5. The maximum atomic E-state index is 13.3. The number of Topliss-reactive ketones (excluding diaryl/α,β-unsaturated/α-hetero) is 1. The van der Waals surface area contributed by atoms with Gasteiger partial charge >= 0.3 is 0 Å². The number of aromatic nitrogens is 2. The Morgan fingerprint density at radius 2 is 1.81 bits per heavy atom.